The van der Waals surface area contributed by atoms with E-state index >= 15 is 0 Å². The normalized spacial score (nSPS) is 22.5. The molecule has 9 nitrogen and oxygen atoms in total. The van der Waals surface area contributed by atoms with Crippen molar-refractivity contribution >= 4 is 11.8 Å². The van der Waals surface area contributed by atoms with Crippen molar-refractivity contribution in [3.8, 4) is 17.5 Å². The standard InChI is InChI=1S/C23H32N8O/c1-16(12-32-2)29-17-3-5-18(6-4-17)30-22-25-10-7-19(31-22)20-11-21(28-15-27-20)26-14-23(13-24)8-9-23/h7,10-11,15-18,29H,3-6,8-9,12,14H2,1-2H3,(H,25,30,31)(H,26,27,28). The van der Waals surface area contributed by atoms with Gasteiger partial charge in [-0.3, -0.25) is 0 Å². The highest BCUT2D eigenvalue weighted by Gasteiger charge is 2.42. The second-order valence-electron chi connectivity index (χ2n) is 9.02. The minimum absolute atomic E-state index is 0.229. The van der Waals surface area contributed by atoms with E-state index in [4.69, 9.17) is 4.74 Å². The summed E-state index contributed by atoms with van der Waals surface area (Å²) < 4.78 is 5.22. The molecule has 2 aromatic heterocycles. The Kier molecular flexibility index (Phi) is 7.12. The largest absolute Gasteiger partial charge is 0.383 e. The molecule has 2 fully saturated rings. The maximum Gasteiger partial charge on any atom is 0.223 e. The number of hydrogen-bond acceptors (Lipinski definition) is 9. The van der Waals surface area contributed by atoms with E-state index in [0.717, 1.165) is 56.5 Å². The van der Waals surface area contributed by atoms with E-state index in [1.165, 1.54) is 6.33 Å². The Balaban J connectivity index is 1.32. The Bertz CT molecular complexity index is 934. The zero-order valence-corrected chi connectivity index (χ0v) is 18.8. The topological polar surface area (TPSA) is 121 Å². The molecule has 0 aromatic carbocycles. The zero-order chi connectivity index (χ0) is 22.4. The Labute approximate surface area is 189 Å². The first-order chi connectivity index (χ1) is 15.6. The number of ether oxygens (including phenoxy) is 1. The lowest BCUT2D eigenvalue weighted by molar-refractivity contribution is 0.161. The molecule has 1 atom stereocenters. The predicted molar refractivity (Wildman–Crippen MR) is 123 cm³/mol. The van der Waals surface area contributed by atoms with Crippen LogP contribution in [0.25, 0.3) is 11.4 Å². The van der Waals surface area contributed by atoms with Gasteiger partial charge in [0.05, 0.1) is 29.5 Å². The van der Waals surface area contributed by atoms with Crippen LogP contribution in [0.2, 0.25) is 0 Å². The van der Waals surface area contributed by atoms with Gasteiger partial charge in [0, 0.05) is 44.0 Å². The van der Waals surface area contributed by atoms with E-state index in [2.05, 4.69) is 48.9 Å². The molecule has 2 aliphatic carbocycles. The first-order valence-corrected chi connectivity index (χ1v) is 11.4. The van der Waals surface area contributed by atoms with Gasteiger partial charge in [-0.15, -0.1) is 0 Å². The summed E-state index contributed by atoms with van der Waals surface area (Å²) in [6.45, 7) is 3.51. The number of methoxy groups -OCH3 is 1. The molecular formula is C23H32N8O. The molecule has 2 heterocycles. The van der Waals surface area contributed by atoms with E-state index in [1.807, 2.05) is 12.1 Å². The maximum absolute atomic E-state index is 9.25. The summed E-state index contributed by atoms with van der Waals surface area (Å²) in [7, 11) is 1.74. The van der Waals surface area contributed by atoms with Gasteiger partial charge >= 0.3 is 0 Å². The lowest BCUT2D eigenvalue weighted by atomic mass is 9.91. The summed E-state index contributed by atoms with van der Waals surface area (Å²) >= 11 is 0. The molecule has 2 aromatic rings. The van der Waals surface area contributed by atoms with Gasteiger partial charge < -0.3 is 20.7 Å². The van der Waals surface area contributed by atoms with Gasteiger partial charge in [-0.1, -0.05) is 0 Å². The highest BCUT2D eigenvalue weighted by atomic mass is 16.5. The fourth-order valence-corrected chi connectivity index (χ4v) is 4.19. The molecule has 0 spiro atoms. The second-order valence-corrected chi connectivity index (χ2v) is 9.02. The van der Waals surface area contributed by atoms with E-state index in [1.54, 1.807) is 13.3 Å². The molecule has 170 valence electrons. The number of hydrogen-bond donors (Lipinski definition) is 3. The van der Waals surface area contributed by atoms with Gasteiger partial charge in [-0.2, -0.15) is 5.26 Å². The van der Waals surface area contributed by atoms with Crippen LogP contribution < -0.4 is 16.0 Å². The summed E-state index contributed by atoms with van der Waals surface area (Å²) in [6.07, 6.45) is 9.57. The van der Waals surface area contributed by atoms with Crippen LogP contribution in [0.1, 0.15) is 45.4 Å². The van der Waals surface area contributed by atoms with Gasteiger partial charge in [-0.05, 0) is 51.5 Å². The lowest BCUT2D eigenvalue weighted by Gasteiger charge is -2.31. The van der Waals surface area contributed by atoms with E-state index in [-0.39, 0.29) is 5.41 Å². The fraction of sp³-hybridized carbons (Fsp3) is 0.609. The Hall–Kier alpha value is -2.83. The minimum Gasteiger partial charge on any atom is -0.383 e. The number of anilines is 2. The minimum atomic E-state index is -0.229. The molecule has 0 aliphatic heterocycles. The molecule has 4 rings (SSSR count). The summed E-state index contributed by atoms with van der Waals surface area (Å²) in [6, 6.07) is 7.39. The SMILES string of the molecule is COCC(C)NC1CCC(Nc2nccc(-c3cc(NCC4(C#N)CC4)ncn3)n2)CC1. The number of rotatable bonds is 10. The molecule has 32 heavy (non-hydrogen) atoms. The molecule has 0 radical (unpaired) electrons. The van der Waals surface area contributed by atoms with Crippen LogP contribution in [0.3, 0.4) is 0 Å². The third-order valence-electron chi connectivity index (χ3n) is 6.28. The molecule has 0 amide bonds. The van der Waals surface area contributed by atoms with Gasteiger partial charge in [0.25, 0.3) is 0 Å². The van der Waals surface area contributed by atoms with Crippen molar-refractivity contribution in [1.29, 1.82) is 5.26 Å². The van der Waals surface area contributed by atoms with E-state index in [0.29, 0.717) is 36.4 Å². The van der Waals surface area contributed by atoms with Gasteiger partial charge in [0.1, 0.15) is 12.1 Å². The number of nitrogens with one attached hydrogen (secondary N) is 3. The highest BCUT2D eigenvalue weighted by Crippen LogP contribution is 2.44. The van der Waals surface area contributed by atoms with Crippen molar-refractivity contribution in [3.05, 3.63) is 24.7 Å². The smallest absolute Gasteiger partial charge is 0.223 e. The Morgan fingerprint density at radius 3 is 2.66 bits per heavy atom. The average molecular weight is 437 g/mol. The second kappa shape index (κ2) is 10.2. The maximum atomic E-state index is 9.25. The van der Waals surface area contributed by atoms with Gasteiger partial charge in [-0.25, -0.2) is 19.9 Å². The summed E-state index contributed by atoms with van der Waals surface area (Å²) in [5, 5.41) is 19.7. The molecule has 2 saturated carbocycles. The number of nitrogens with zero attached hydrogens (tertiary/aromatic N) is 5. The third-order valence-corrected chi connectivity index (χ3v) is 6.28. The number of aromatic nitrogens is 4. The quantitative estimate of drug-likeness (QED) is 0.516. The van der Waals surface area contributed by atoms with Crippen LogP contribution in [0.4, 0.5) is 11.8 Å². The monoisotopic (exact) mass is 436 g/mol. The van der Waals surface area contributed by atoms with Crippen LogP contribution in [-0.4, -0.2) is 58.3 Å². The fourth-order valence-electron chi connectivity index (χ4n) is 4.19. The van der Waals surface area contributed by atoms with Crippen molar-refractivity contribution in [2.75, 3.05) is 30.9 Å². The van der Waals surface area contributed by atoms with Crippen molar-refractivity contribution in [3.63, 3.8) is 0 Å². The molecule has 1 unspecified atom stereocenters. The van der Waals surface area contributed by atoms with Crippen molar-refractivity contribution in [2.45, 2.75) is 63.6 Å². The number of nitriles is 1. The van der Waals surface area contributed by atoms with Crippen LogP contribution >= 0.6 is 0 Å². The van der Waals surface area contributed by atoms with Gasteiger partial charge in [0.2, 0.25) is 5.95 Å². The van der Waals surface area contributed by atoms with E-state index in [9.17, 15) is 5.26 Å². The van der Waals surface area contributed by atoms with Crippen molar-refractivity contribution in [2.24, 2.45) is 5.41 Å². The van der Waals surface area contributed by atoms with Gasteiger partial charge in [0.15, 0.2) is 0 Å². The molecule has 0 saturated heterocycles. The van der Waals surface area contributed by atoms with Crippen LogP contribution in [0.15, 0.2) is 24.7 Å². The summed E-state index contributed by atoms with van der Waals surface area (Å²) in [5.74, 6) is 1.33. The molecule has 3 N–H and O–H groups in total. The molecule has 0 bridgehead atoms. The van der Waals surface area contributed by atoms with Crippen LogP contribution in [0, 0.1) is 16.7 Å². The van der Waals surface area contributed by atoms with E-state index < -0.39 is 0 Å². The zero-order valence-electron chi connectivity index (χ0n) is 18.8. The first kappa shape index (κ1) is 22.4. The molecule has 9 heteroatoms. The average Bonchev–Trinajstić information content (AvgIpc) is 3.60. The first-order valence-electron chi connectivity index (χ1n) is 11.4. The highest BCUT2D eigenvalue weighted by molar-refractivity contribution is 5.59. The predicted octanol–water partition coefficient (Wildman–Crippen LogP) is 3.00. The van der Waals surface area contributed by atoms with Crippen LogP contribution in [-0.2, 0) is 4.74 Å². The van der Waals surface area contributed by atoms with Crippen molar-refractivity contribution in [1.82, 2.24) is 25.3 Å². The molecule has 2 aliphatic rings. The summed E-state index contributed by atoms with van der Waals surface area (Å²) in [4.78, 5) is 17.8. The van der Waals surface area contributed by atoms with Crippen molar-refractivity contribution < 1.29 is 4.74 Å². The molecular weight excluding hydrogens is 404 g/mol. The van der Waals surface area contributed by atoms with Crippen LogP contribution in [0.5, 0.6) is 0 Å². The lowest BCUT2D eigenvalue weighted by Crippen LogP contribution is -2.43. The Morgan fingerprint density at radius 1 is 1.16 bits per heavy atom. The third kappa shape index (κ3) is 5.90. The Morgan fingerprint density at radius 2 is 1.94 bits per heavy atom. The summed E-state index contributed by atoms with van der Waals surface area (Å²) in [5.41, 5.74) is 1.25.